The molecule has 3 heteroatoms. The third-order valence-electron chi connectivity index (χ3n) is 4.52. The molecule has 1 N–H and O–H groups in total. The second-order valence-electron chi connectivity index (χ2n) is 5.29. The van der Waals surface area contributed by atoms with Gasteiger partial charge in [0.1, 0.15) is 5.41 Å². The molecule has 2 atom stereocenters. The Hall–Kier alpha value is -1.80. The summed E-state index contributed by atoms with van der Waals surface area (Å²) >= 11 is 6.06. The lowest BCUT2D eigenvalue weighted by Gasteiger charge is -2.27. The average Bonchev–Trinajstić information content (AvgIpc) is 2.92. The van der Waals surface area contributed by atoms with E-state index in [-0.39, 0.29) is 5.92 Å². The Bertz CT molecular complexity index is 722. The van der Waals surface area contributed by atoms with Gasteiger partial charge in [0.15, 0.2) is 0 Å². The van der Waals surface area contributed by atoms with E-state index in [0.29, 0.717) is 11.4 Å². The number of aliphatic carboxylic acids is 1. The Kier molecular flexibility index (Phi) is 1.98. The van der Waals surface area contributed by atoms with Crippen molar-refractivity contribution in [3.8, 4) is 0 Å². The van der Waals surface area contributed by atoms with Crippen LogP contribution in [-0.2, 0) is 10.2 Å². The van der Waals surface area contributed by atoms with Gasteiger partial charge >= 0.3 is 5.97 Å². The summed E-state index contributed by atoms with van der Waals surface area (Å²) in [5, 5.41) is 10.4. The van der Waals surface area contributed by atoms with Crippen molar-refractivity contribution in [2.24, 2.45) is 0 Å². The fourth-order valence-corrected chi connectivity index (χ4v) is 3.94. The lowest BCUT2D eigenvalue weighted by atomic mass is 9.75. The highest BCUT2D eigenvalue weighted by Crippen LogP contribution is 2.60. The normalized spacial score (nSPS) is 26.1. The third-order valence-corrected chi connectivity index (χ3v) is 4.76. The largest absolute Gasteiger partial charge is 0.480 e. The Balaban J connectivity index is 2.10. The van der Waals surface area contributed by atoms with Crippen molar-refractivity contribution >= 4 is 17.6 Å². The number of carboxylic acid groups (broad SMARTS) is 1. The summed E-state index contributed by atoms with van der Waals surface area (Å²) in [6.07, 6.45) is 0.622. The summed E-state index contributed by atoms with van der Waals surface area (Å²) in [6.45, 7) is 0. The molecule has 0 spiro atoms. The maximum atomic E-state index is 12.0. The highest BCUT2D eigenvalue weighted by molar-refractivity contribution is 6.30. The van der Waals surface area contributed by atoms with Crippen LogP contribution >= 0.6 is 11.6 Å². The first-order chi connectivity index (χ1) is 9.14. The molecular formula is C16H11ClO2. The van der Waals surface area contributed by atoms with Crippen LogP contribution in [0.2, 0.25) is 5.02 Å². The molecule has 94 valence electrons. The van der Waals surface area contributed by atoms with Crippen LogP contribution in [0, 0.1) is 0 Å². The van der Waals surface area contributed by atoms with Gasteiger partial charge in [0.05, 0.1) is 0 Å². The maximum absolute atomic E-state index is 12.0. The SMILES string of the molecule is O=C(O)C12C[C@@H](c3ccccc31)c1ccc(Cl)cc12. The summed E-state index contributed by atoms with van der Waals surface area (Å²) in [7, 11) is 0. The number of carboxylic acids is 1. The highest BCUT2D eigenvalue weighted by Gasteiger charge is 2.57. The summed E-state index contributed by atoms with van der Waals surface area (Å²) in [5.74, 6) is -0.581. The molecule has 2 aliphatic rings. The van der Waals surface area contributed by atoms with E-state index in [1.807, 2.05) is 42.5 Å². The van der Waals surface area contributed by atoms with Crippen LogP contribution in [0.15, 0.2) is 42.5 Å². The Labute approximate surface area is 115 Å². The second-order valence-corrected chi connectivity index (χ2v) is 5.72. The smallest absolute Gasteiger partial charge is 0.318 e. The van der Waals surface area contributed by atoms with Crippen LogP contribution in [0.25, 0.3) is 0 Å². The molecule has 0 saturated heterocycles. The molecule has 2 nitrogen and oxygen atoms in total. The minimum Gasteiger partial charge on any atom is -0.480 e. The molecule has 2 aromatic carbocycles. The van der Waals surface area contributed by atoms with Crippen molar-refractivity contribution in [2.45, 2.75) is 17.8 Å². The van der Waals surface area contributed by atoms with Gasteiger partial charge in [0.25, 0.3) is 0 Å². The lowest BCUT2D eigenvalue weighted by molar-refractivity contribution is -0.141. The first-order valence-electron chi connectivity index (χ1n) is 6.27. The van der Waals surface area contributed by atoms with E-state index in [2.05, 4.69) is 0 Å². The van der Waals surface area contributed by atoms with Gasteiger partial charge in [-0.3, -0.25) is 4.79 Å². The highest BCUT2D eigenvalue weighted by atomic mass is 35.5. The molecule has 2 aromatic rings. The number of fused-ring (bicyclic) bond motifs is 8. The van der Waals surface area contributed by atoms with Gasteiger partial charge in [-0.2, -0.15) is 0 Å². The molecule has 0 saturated carbocycles. The minimum atomic E-state index is -0.901. The predicted octanol–water partition coefficient (Wildman–Crippen LogP) is 3.56. The number of carbonyl (C=O) groups is 1. The fraction of sp³-hybridized carbons (Fsp3) is 0.188. The van der Waals surface area contributed by atoms with E-state index in [1.54, 1.807) is 0 Å². The fourth-order valence-electron chi connectivity index (χ4n) is 3.77. The molecule has 2 aliphatic carbocycles. The number of benzene rings is 2. The monoisotopic (exact) mass is 270 g/mol. The van der Waals surface area contributed by atoms with Gasteiger partial charge in [-0.25, -0.2) is 0 Å². The van der Waals surface area contributed by atoms with Gasteiger partial charge in [0.2, 0.25) is 0 Å². The van der Waals surface area contributed by atoms with Crippen molar-refractivity contribution in [2.75, 3.05) is 0 Å². The van der Waals surface area contributed by atoms with E-state index >= 15 is 0 Å². The number of rotatable bonds is 1. The zero-order chi connectivity index (χ0) is 13.2. The molecular weight excluding hydrogens is 260 g/mol. The van der Waals surface area contributed by atoms with E-state index in [1.165, 1.54) is 0 Å². The number of halogens is 1. The van der Waals surface area contributed by atoms with Crippen LogP contribution in [0.1, 0.15) is 34.6 Å². The summed E-state index contributed by atoms with van der Waals surface area (Å²) in [5.41, 5.74) is 3.17. The first kappa shape index (κ1) is 11.1. The van der Waals surface area contributed by atoms with Gasteiger partial charge in [-0.05, 0) is 40.8 Å². The van der Waals surface area contributed by atoms with Crippen LogP contribution < -0.4 is 0 Å². The lowest BCUT2D eigenvalue weighted by Crippen LogP contribution is -2.33. The minimum absolute atomic E-state index is 0.194. The Morgan fingerprint density at radius 1 is 1.16 bits per heavy atom. The standard InChI is InChI=1S/C16H11ClO2/c17-9-5-6-11-12-8-16(15(18)19,14(11)7-9)13-4-2-1-3-10(12)13/h1-7,12H,8H2,(H,18,19)/t12-,16?/m0/s1. The third kappa shape index (κ3) is 1.15. The molecule has 19 heavy (non-hydrogen) atoms. The predicted molar refractivity (Wildman–Crippen MR) is 72.8 cm³/mol. The topological polar surface area (TPSA) is 37.3 Å². The molecule has 0 radical (unpaired) electrons. The van der Waals surface area contributed by atoms with E-state index < -0.39 is 11.4 Å². The summed E-state index contributed by atoms with van der Waals surface area (Å²) in [6, 6.07) is 13.5. The number of hydrogen-bond donors (Lipinski definition) is 1. The average molecular weight is 271 g/mol. The van der Waals surface area contributed by atoms with Crippen molar-refractivity contribution in [1.29, 1.82) is 0 Å². The number of hydrogen-bond acceptors (Lipinski definition) is 1. The zero-order valence-corrected chi connectivity index (χ0v) is 10.8. The van der Waals surface area contributed by atoms with E-state index in [9.17, 15) is 9.90 Å². The molecule has 0 fully saturated rings. The quantitative estimate of drug-likeness (QED) is 0.860. The van der Waals surface area contributed by atoms with Gasteiger partial charge in [0, 0.05) is 10.9 Å². The van der Waals surface area contributed by atoms with Crippen molar-refractivity contribution < 1.29 is 9.90 Å². The van der Waals surface area contributed by atoms with Gasteiger partial charge in [-0.1, -0.05) is 41.9 Å². The summed E-state index contributed by atoms with van der Waals surface area (Å²) < 4.78 is 0. The van der Waals surface area contributed by atoms with Crippen molar-refractivity contribution in [3.05, 3.63) is 69.7 Å². The van der Waals surface area contributed by atoms with E-state index in [0.717, 1.165) is 22.3 Å². The molecule has 0 aromatic heterocycles. The Morgan fingerprint density at radius 3 is 2.68 bits per heavy atom. The molecule has 0 amide bonds. The molecule has 2 bridgehead atoms. The van der Waals surface area contributed by atoms with Crippen LogP contribution in [0.3, 0.4) is 0 Å². The van der Waals surface area contributed by atoms with Crippen molar-refractivity contribution in [3.63, 3.8) is 0 Å². The molecule has 1 unspecified atom stereocenters. The van der Waals surface area contributed by atoms with Gasteiger partial charge in [-0.15, -0.1) is 0 Å². The van der Waals surface area contributed by atoms with Crippen molar-refractivity contribution in [1.82, 2.24) is 0 Å². The van der Waals surface area contributed by atoms with Gasteiger partial charge < -0.3 is 5.11 Å². The van der Waals surface area contributed by atoms with Crippen LogP contribution in [-0.4, -0.2) is 11.1 Å². The Morgan fingerprint density at radius 2 is 1.89 bits per heavy atom. The maximum Gasteiger partial charge on any atom is 0.318 e. The van der Waals surface area contributed by atoms with E-state index in [4.69, 9.17) is 11.6 Å². The molecule has 0 heterocycles. The summed E-state index contributed by atoms with van der Waals surface area (Å²) in [4.78, 5) is 12.0. The van der Waals surface area contributed by atoms with Crippen LogP contribution in [0.4, 0.5) is 0 Å². The molecule has 0 aliphatic heterocycles. The second kappa shape index (κ2) is 3.40. The zero-order valence-electron chi connectivity index (χ0n) is 10.1. The van der Waals surface area contributed by atoms with Crippen LogP contribution in [0.5, 0.6) is 0 Å². The first-order valence-corrected chi connectivity index (χ1v) is 6.65. The molecule has 4 rings (SSSR count).